The van der Waals surface area contributed by atoms with E-state index in [-0.39, 0.29) is 0 Å². The van der Waals surface area contributed by atoms with Gasteiger partial charge < -0.3 is 4.89 Å². The van der Waals surface area contributed by atoms with Gasteiger partial charge in [0, 0.05) is 15.7 Å². The Morgan fingerprint density at radius 2 is 2.00 bits per heavy atom. The summed E-state index contributed by atoms with van der Waals surface area (Å²) in [6.45, 7) is 0.563. The first-order valence-corrected chi connectivity index (χ1v) is 6.95. The molecule has 1 unspecified atom stereocenters. The number of thioether (sulfide) groups is 1. The Kier molecular flexibility index (Phi) is 2.35. The fourth-order valence-electron chi connectivity index (χ4n) is 2.52. The van der Waals surface area contributed by atoms with Gasteiger partial charge in [0.1, 0.15) is 6.61 Å². The third-order valence-corrected chi connectivity index (χ3v) is 4.84. The van der Waals surface area contributed by atoms with E-state index >= 15 is 0 Å². The zero-order chi connectivity index (χ0) is 11.9. The van der Waals surface area contributed by atoms with Gasteiger partial charge in [-0.1, -0.05) is 24.3 Å². The normalized spacial score (nSPS) is 20.3. The minimum absolute atomic E-state index is 0.522. The van der Waals surface area contributed by atoms with Gasteiger partial charge in [-0.2, -0.15) is 4.89 Å². The highest BCUT2D eigenvalue weighted by Gasteiger charge is 2.25. The first-order chi connectivity index (χ1) is 8.90. The lowest BCUT2D eigenvalue weighted by Gasteiger charge is -2.09. The molecule has 2 aliphatic heterocycles. The molecule has 90 valence electrons. The highest BCUT2D eigenvalue weighted by Crippen LogP contribution is 2.47. The SMILES string of the molecule is c1ccc2c(c1)CC(c1ccc3c(c1)COO3)S2. The van der Waals surface area contributed by atoms with Crippen molar-refractivity contribution < 1.29 is 9.78 Å². The fraction of sp³-hybridized carbons (Fsp3) is 0.200. The van der Waals surface area contributed by atoms with Crippen molar-refractivity contribution in [2.75, 3.05) is 0 Å². The van der Waals surface area contributed by atoms with Crippen LogP contribution in [0.5, 0.6) is 5.75 Å². The topological polar surface area (TPSA) is 18.5 Å². The van der Waals surface area contributed by atoms with Gasteiger partial charge in [0.15, 0.2) is 5.75 Å². The van der Waals surface area contributed by atoms with E-state index in [0.717, 1.165) is 17.7 Å². The van der Waals surface area contributed by atoms with Crippen molar-refractivity contribution in [3.63, 3.8) is 0 Å². The Hall–Kier alpha value is -1.45. The molecule has 0 saturated heterocycles. The van der Waals surface area contributed by atoms with Gasteiger partial charge in [-0.3, -0.25) is 0 Å². The summed E-state index contributed by atoms with van der Waals surface area (Å²) in [5.41, 5.74) is 3.98. The number of benzene rings is 2. The molecule has 0 bridgehead atoms. The molecule has 0 amide bonds. The van der Waals surface area contributed by atoms with Crippen LogP contribution in [-0.4, -0.2) is 0 Å². The van der Waals surface area contributed by atoms with Crippen LogP contribution in [0.1, 0.15) is 21.9 Å². The monoisotopic (exact) mass is 256 g/mol. The minimum Gasteiger partial charge on any atom is -0.337 e. The predicted molar refractivity (Wildman–Crippen MR) is 70.6 cm³/mol. The Labute approximate surface area is 110 Å². The summed E-state index contributed by atoms with van der Waals surface area (Å²) in [4.78, 5) is 11.5. The van der Waals surface area contributed by atoms with Crippen molar-refractivity contribution >= 4 is 11.8 Å². The summed E-state index contributed by atoms with van der Waals surface area (Å²) < 4.78 is 0. The zero-order valence-corrected chi connectivity index (χ0v) is 10.6. The van der Waals surface area contributed by atoms with Crippen molar-refractivity contribution in [1.82, 2.24) is 0 Å². The Morgan fingerprint density at radius 3 is 2.94 bits per heavy atom. The maximum Gasteiger partial charge on any atom is 0.171 e. The van der Waals surface area contributed by atoms with Gasteiger partial charge in [-0.05, 0) is 35.7 Å². The molecule has 2 aromatic rings. The molecule has 4 rings (SSSR count). The number of hydrogen-bond acceptors (Lipinski definition) is 3. The molecule has 0 fully saturated rings. The highest BCUT2D eigenvalue weighted by atomic mass is 32.2. The van der Waals surface area contributed by atoms with E-state index in [9.17, 15) is 0 Å². The maximum atomic E-state index is 5.07. The zero-order valence-electron chi connectivity index (χ0n) is 9.76. The first kappa shape index (κ1) is 10.5. The molecule has 2 heterocycles. The van der Waals surface area contributed by atoms with Crippen molar-refractivity contribution in [1.29, 1.82) is 0 Å². The van der Waals surface area contributed by atoms with E-state index in [1.165, 1.54) is 16.0 Å². The quantitative estimate of drug-likeness (QED) is 0.721. The molecule has 0 radical (unpaired) electrons. The van der Waals surface area contributed by atoms with Crippen molar-refractivity contribution in [2.45, 2.75) is 23.2 Å². The van der Waals surface area contributed by atoms with Crippen LogP contribution in [0.4, 0.5) is 0 Å². The van der Waals surface area contributed by atoms with Gasteiger partial charge >= 0.3 is 0 Å². The summed E-state index contributed by atoms with van der Waals surface area (Å²) in [5, 5.41) is 0.522. The number of rotatable bonds is 1. The summed E-state index contributed by atoms with van der Waals surface area (Å²) in [6.07, 6.45) is 1.11. The van der Waals surface area contributed by atoms with Crippen LogP contribution in [0.2, 0.25) is 0 Å². The van der Waals surface area contributed by atoms with Crippen LogP contribution in [0, 0.1) is 0 Å². The maximum absolute atomic E-state index is 5.07. The van der Waals surface area contributed by atoms with Gasteiger partial charge in [0.2, 0.25) is 0 Å². The van der Waals surface area contributed by atoms with Crippen LogP contribution < -0.4 is 4.89 Å². The molecule has 0 aliphatic carbocycles. The lowest BCUT2D eigenvalue weighted by molar-refractivity contribution is -0.194. The van der Waals surface area contributed by atoms with Crippen LogP contribution in [0.25, 0.3) is 0 Å². The Bertz CT molecular complexity index is 584. The second kappa shape index (κ2) is 4.04. The highest BCUT2D eigenvalue weighted by molar-refractivity contribution is 7.99. The molecule has 18 heavy (non-hydrogen) atoms. The van der Waals surface area contributed by atoms with Gasteiger partial charge in [-0.25, -0.2) is 0 Å². The molecule has 0 spiro atoms. The van der Waals surface area contributed by atoms with Gasteiger partial charge in [0.05, 0.1) is 0 Å². The molecule has 2 aromatic carbocycles. The predicted octanol–water partition coefficient (Wildman–Crippen LogP) is 3.90. The molecular formula is C15H12O2S. The van der Waals surface area contributed by atoms with Crippen molar-refractivity contribution in [2.24, 2.45) is 0 Å². The first-order valence-electron chi connectivity index (χ1n) is 6.07. The van der Waals surface area contributed by atoms with Crippen molar-refractivity contribution in [3.8, 4) is 5.75 Å². The molecule has 0 saturated carbocycles. The molecule has 3 heteroatoms. The van der Waals surface area contributed by atoms with E-state index in [1.54, 1.807) is 0 Å². The summed E-state index contributed by atoms with van der Waals surface area (Å²) >= 11 is 1.95. The second-order valence-electron chi connectivity index (χ2n) is 4.63. The van der Waals surface area contributed by atoms with Gasteiger partial charge in [-0.15, -0.1) is 11.8 Å². The number of fused-ring (bicyclic) bond motifs is 2. The molecule has 0 N–H and O–H groups in total. The standard InChI is InChI=1S/C15H12O2S/c1-2-4-14-10(3-1)8-15(18-14)11-5-6-13-12(7-11)9-16-17-13/h1-7,15H,8-9H2. The molecule has 0 aromatic heterocycles. The Balaban J connectivity index is 1.66. The van der Waals surface area contributed by atoms with E-state index < -0.39 is 0 Å². The molecule has 2 nitrogen and oxygen atoms in total. The number of hydrogen-bond donors (Lipinski definition) is 0. The van der Waals surface area contributed by atoms with E-state index in [0.29, 0.717) is 11.9 Å². The molecular weight excluding hydrogens is 244 g/mol. The molecule has 2 aliphatic rings. The van der Waals surface area contributed by atoms with Crippen LogP contribution >= 0.6 is 11.8 Å². The average Bonchev–Trinajstić information content (AvgIpc) is 3.04. The van der Waals surface area contributed by atoms with Crippen LogP contribution in [0.3, 0.4) is 0 Å². The third-order valence-electron chi connectivity index (χ3n) is 3.47. The summed E-state index contributed by atoms with van der Waals surface area (Å²) in [5.74, 6) is 0.860. The summed E-state index contributed by atoms with van der Waals surface area (Å²) in [7, 11) is 0. The van der Waals surface area contributed by atoms with E-state index in [1.807, 2.05) is 17.8 Å². The lowest BCUT2D eigenvalue weighted by atomic mass is 10.0. The minimum atomic E-state index is 0.522. The molecule has 1 atom stereocenters. The summed E-state index contributed by atoms with van der Waals surface area (Å²) in [6, 6.07) is 15.0. The van der Waals surface area contributed by atoms with Crippen LogP contribution in [-0.2, 0) is 17.9 Å². The third kappa shape index (κ3) is 1.62. The van der Waals surface area contributed by atoms with E-state index in [2.05, 4.69) is 36.4 Å². The van der Waals surface area contributed by atoms with Crippen LogP contribution in [0.15, 0.2) is 47.4 Å². The lowest BCUT2D eigenvalue weighted by Crippen LogP contribution is -1.93. The average molecular weight is 256 g/mol. The largest absolute Gasteiger partial charge is 0.337 e. The smallest absolute Gasteiger partial charge is 0.171 e. The fourth-order valence-corrected chi connectivity index (χ4v) is 3.83. The van der Waals surface area contributed by atoms with E-state index in [4.69, 9.17) is 9.78 Å². The van der Waals surface area contributed by atoms with Gasteiger partial charge in [0.25, 0.3) is 0 Å². The second-order valence-corrected chi connectivity index (χ2v) is 5.88. The Morgan fingerprint density at radius 1 is 1.06 bits per heavy atom. The van der Waals surface area contributed by atoms with Crippen molar-refractivity contribution in [3.05, 3.63) is 59.2 Å².